The summed E-state index contributed by atoms with van der Waals surface area (Å²) >= 11 is 0. The van der Waals surface area contributed by atoms with Crippen LogP contribution in [0, 0.1) is 11.6 Å². The van der Waals surface area contributed by atoms with Gasteiger partial charge in [-0.2, -0.15) is 0 Å². The number of nitrogens with zero attached hydrogens (tertiary/aromatic N) is 1. The molecule has 1 amide bonds. The number of hydrogen-bond donors (Lipinski definition) is 1. The summed E-state index contributed by atoms with van der Waals surface area (Å²) in [6.07, 6.45) is 3.50. The molecule has 1 aromatic heterocycles. The van der Waals surface area contributed by atoms with Crippen molar-refractivity contribution in [3.05, 3.63) is 90.3 Å². The first-order valence-electron chi connectivity index (χ1n) is 7.08. The highest BCUT2D eigenvalue weighted by Crippen LogP contribution is 2.22. The van der Waals surface area contributed by atoms with Gasteiger partial charge in [-0.1, -0.05) is 30.3 Å². The Bertz CT molecular complexity index is 801. The lowest BCUT2D eigenvalue weighted by molar-refractivity contribution is -0.118. The van der Waals surface area contributed by atoms with Crippen LogP contribution < -0.4 is 5.32 Å². The third-order valence-electron chi connectivity index (χ3n) is 3.48. The molecule has 0 fully saturated rings. The Hall–Kier alpha value is -2.95. The number of halogens is 2. The number of anilines is 1. The molecule has 2 aromatic carbocycles. The Morgan fingerprint density at radius 1 is 0.957 bits per heavy atom. The Kier molecular flexibility index (Phi) is 4.19. The first-order valence-corrected chi connectivity index (χ1v) is 7.08. The van der Waals surface area contributed by atoms with Crippen molar-refractivity contribution in [2.75, 3.05) is 5.32 Å². The summed E-state index contributed by atoms with van der Waals surface area (Å²) in [5.74, 6) is -1.74. The van der Waals surface area contributed by atoms with Crippen LogP contribution in [0.4, 0.5) is 14.5 Å². The molecule has 3 aromatic rings. The van der Waals surface area contributed by atoms with Crippen molar-refractivity contribution >= 4 is 11.6 Å². The van der Waals surface area contributed by atoms with Gasteiger partial charge in [0.25, 0.3) is 5.91 Å². The highest BCUT2D eigenvalue weighted by atomic mass is 19.1. The minimum atomic E-state index is -0.681. The second-order valence-electron chi connectivity index (χ2n) is 5.06. The van der Waals surface area contributed by atoms with Crippen molar-refractivity contribution in [1.82, 2.24) is 4.57 Å². The van der Waals surface area contributed by atoms with E-state index in [1.54, 1.807) is 29.1 Å². The van der Waals surface area contributed by atoms with Crippen molar-refractivity contribution < 1.29 is 13.6 Å². The fraction of sp³-hybridized carbons (Fsp3) is 0.0556. The quantitative estimate of drug-likeness (QED) is 0.776. The van der Waals surface area contributed by atoms with E-state index in [2.05, 4.69) is 5.32 Å². The van der Waals surface area contributed by atoms with Gasteiger partial charge in [0, 0.05) is 18.5 Å². The molecular formula is C18H14F2N2O. The van der Waals surface area contributed by atoms with E-state index < -0.39 is 23.6 Å². The molecule has 1 unspecified atom stereocenters. The van der Waals surface area contributed by atoms with Crippen LogP contribution in [0.3, 0.4) is 0 Å². The number of amides is 1. The largest absolute Gasteiger partial charge is 0.338 e. The maximum atomic E-state index is 13.8. The van der Waals surface area contributed by atoms with Crippen LogP contribution >= 0.6 is 0 Å². The summed E-state index contributed by atoms with van der Waals surface area (Å²) in [6, 6.07) is 15.0. The second-order valence-corrected chi connectivity index (χ2v) is 5.06. The maximum Gasteiger partial charge on any atom is 0.252 e. The van der Waals surface area contributed by atoms with E-state index in [0.717, 1.165) is 23.8 Å². The standard InChI is InChI=1S/C18H14F2N2O/c19-14-8-9-15(20)16(12-14)21-18(23)17(22-10-4-5-11-22)13-6-2-1-3-7-13/h1-12,17H,(H,21,23). The van der Waals surface area contributed by atoms with Gasteiger partial charge in [0.05, 0.1) is 5.69 Å². The molecule has 0 aliphatic heterocycles. The van der Waals surface area contributed by atoms with Crippen molar-refractivity contribution in [2.45, 2.75) is 6.04 Å². The molecule has 3 nitrogen and oxygen atoms in total. The Morgan fingerprint density at radius 3 is 2.35 bits per heavy atom. The molecular weight excluding hydrogens is 298 g/mol. The Balaban J connectivity index is 1.94. The summed E-state index contributed by atoms with van der Waals surface area (Å²) in [5, 5.41) is 2.46. The minimum absolute atomic E-state index is 0.178. The lowest BCUT2D eigenvalue weighted by Gasteiger charge is -2.19. The molecule has 1 heterocycles. The van der Waals surface area contributed by atoms with Gasteiger partial charge in [-0.05, 0) is 29.8 Å². The zero-order chi connectivity index (χ0) is 16.2. The molecule has 0 bridgehead atoms. The van der Waals surface area contributed by atoms with Gasteiger partial charge < -0.3 is 9.88 Å². The van der Waals surface area contributed by atoms with Gasteiger partial charge in [0.15, 0.2) is 0 Å². The Morgan fingerprint density at radius 2 is 1.65 bits per heavy atom. The molecule has 116 valence electrons. The van der Waals surface area contributed by atoms with Gasteiger partial charge in [0.1, 0.15) is 17.7 Å². The maximum absolute atomic E-state index is 13.8. The van der Waals surface area contributed by atoms with Crippen molar-refractivity contribution in [3.63, 3.8) is 0 Å². The fourth-order valence-electron chi connectivity index (χ4n) is 2.41. The number of carbonyl (C=O) groups excluding carboxylic acids is 1. The molecule has 23 heavy (non-hydrogen) atoms. The predicted molar refractivity (Wildman–Crippen MR) is 84.0 cm³/mol. The smallest absolute Gasteiger partial charge is 0.252 e. The van der Waals surface area contributed by atoms with E-state index in [4.69, 9.17) is 0 Å². The van der Waals surface area contributed by atoms with Gasteiger partial charge in [-0.25, -0.2) is 8.78 Å². The summed E-state index contributed by atoms with van der Waals surface area (Å²) < 4.78 is 28.7. The van der Waals surface area contributed by atoms with Crippen molar-refractivity contribution in [3.8, 4) is 0 Å². The number of aromatic nitrogens is 1. The molecule has 5 heteroatoms. The number of nitrogens with one attached hydrogen (secondary N) is 1. The van der Waals surface area contributed by atoms with Crippen LogP contribution in [0.2, 0.25) is 0 Å². The minimum Gasteiger partial charge on any atom is -0.338 e. The molecule has 0 radical (unpaired) electrons. The zero-order valence-corrected chi connectivity index (χ0v) is 12.1. The lowest BCUT2D eigenvalue weighted by Crippen LogP contribution is -2.26. The molecule has 1 atom stereocenters. The van der Waals surface area contributed by atoms with Gasteiger partial charge >= 0.3 is 0 Å². The van der Waals surface area contributed by atoms with Crippen LogP contribution in [0.5, 0.6) is 0 Å². The summed E-state index contributed by atoms with van der Waals surface area (Å²) in [4.78, 5) is 12.7. The second kappa shape index (κ2) is 6.44. The topological polar surface area (TPSA) is 34.0 Å². The molecule has 0 spiro atoms. The number of benzene rings is 2. The van der Waals surface area contributed by atoms with Gasteiger partial charge in [-0.15, -0.1) is 0 Å². The molecule has 0 aliphatic rings. The van der Waals surface area contributed by atoms with Crippen LogP contribution in [-0.2, 0) is 4.79 Å². The van der Waals surface area contributed by atoms with E-state index in [9.17, 15) is 13.6 Å². The first-order chi connectivity index (χ1) is 11.1. The van der Waals surface area contributed by atoms with Gasteiger partial charge in [0.2, 0.25) is 0 Å². The van der Waals surface area contributed by atoms with Crippen LogP contribution in [0.25, 0.3) is 0 Å². The van der Waals surface area contributed by atoms with Crippen LogP contribution in [0.1, 0.15) is 11.6 Å². The van der Waals surface area contributed by atoms with E-state index in [0.29, 0.717) is 0 Å². The summed E-state index contributed by atoms with van der Waals surface area (Å²) in [7, 11) is 0. The Labute approximate surface area is 132 Å². The molecule has 1 N–H and O–H groups in total. The average Bonchev–Trinajstić information content (AvgIpc) is 3.06. The van der Waals surface area contributed by atoms with Crippen molar-refractivity contribution in [2.24, 2.45) is 0 Å². The predicted octanol–water partition coefficient (Wildman–Crippen LogP) is 3.99. The number of hydrogen-bond acceptors (Lipinski definition) is 1. The molecule has 0 saturated carbocycles. The number of carbonyl (C=O) groups is 1. The van der Waals surface area contributed by atoms with E-state index >= 15 is 0 Å². The highest BCUT2D eigenvalue weighted by molar-refractivity contribution is 5.95. The van der Waals surface area contributed by atoms with Crippen LogP contribution in [-0.4, -0.2) is 10.5 Å². The molecule has 3 rings (SSSR count). The molecule has 0 saturated heterocycles. The highest BCUT2D eigenvalue weighted by Gasteiger charge is 2.22. The molecule has 0 aliphatic carbocycles. The fourth-order valence-corrected chi connectivity index (χ4v) is 2.41. The average molecular weight is 312 g/mol. The van der Waals surface area contributed by atoms with Gasteiger partial charge in [-0.3, -0.25) is 4.79 Å². The van der Waals surface area contributed by atoms with E-state index in [1.807, 2.05) is 30.3 Å². The first kappa shape index (κ1) is 15.0. The SMILES string of the molecule is O=C(Nc1cc(F)ccc1F)C(c1ccccc1)n1cccc1. The zero-order valence-electron chi connectivity index (χ0n) is 12.1. The number of rotatable bonds is 4. The lowest BCUT2D eigenvalue weighted by atomic mass is 10.1. The normalized spacial score (nSPS) is 11.9. The third-order valence-corrected chi connectivity index (χ3v) is 3.48. The van der Waals surface area contributed by atoms with Crippen molar-refractivity contribution in [1.29, 1.82) is 0 Å². The van der Waals surface area contributed by atoms with Crippen LogP contribution in [0.15, 0.2) is 73.1 Å². The van der Waals surface area contributed by atoms with E-state index in [1.165, 1.54) is 0 Å². The third kappa shape index (κ3) is 3.29. The summed E-state index contributed by atoms with van der Waals surface area (Å²) in [6.45, 7) is 0. The van der Waals surface area contributed by atoms with E-state index in [-0.39, 0.29) is 5.69 Å². The summed E-state index contributed by atoms with van der Waals surface area (Å²) in [5.41, 5.74) is 0.570. The monoisotopic (exact) mass is 312 g/mol.